The molecule has 0 aliphatic rings. The van der Waals surface area contributed by atoms with Crippen LogP contribution in [-0.2, 0) is 16.0 Å². The highest BCUT2D eigenvalue weighted by Crippen LogP contribution is 2.29. The maximum absolute atomic E-state index is 12.1. The number of fused-ring (bicyclic) bond motifs is 1. The molecule has 2 aromatic carbocycles. The lowest BCUT2D eigenvalue weighted by molar-refractivity contribution is -0.118. The SMILES string of the molecule is CCOc1ccc2nc(NC(=O)COc3ccc(CCC(C)=O)cc3)sc2c1. The van der Waals surface area contributed by atoms with Gasteiger partial charge in [0.2, 0.25) is 0 Å². The Kier molecular flexibility index (Phi) is 6.60. The second-order valence-electron chi connectivity index (χ2n) is 6.26. The number of nitrogens with zero attached hydrogens (tertiary/aromatic N) is 1. The molecule has 0 aliphatic heterocycles. The smallest absolute Gasteiger partial charge is 0.264 e. The van der Waals surface area contributed by atoms with Crippen LogP contribution in [0.4, 0.5) is 5.13 Å². The van der Waals surface area contributed by atoms with Gasteiger partial charge in [-0.3, -0.25) is 10.1 Å². The minimum atomic E-state index is -0.273. The van der Waals surface area contributed by atoms with Crippen LogP contribution in [-0.4, -0.2) is 29.9 Å². The number of rotatable bonds is 9. The van der Waals surface area contributed by atoms with E-state index >= 15 is 0 Å². The van der Waals surface area contributed by atoms with Crippen LogP contribution in [0.5, 0.6) is 11.5 Å². The minimum Gasteiger partial charge on any atom is -0.494 e. The van der Waals surface area contributed by atoms with Crippen molar-refractivity contribution in [3.05, 3.63) is 48.0 Å². The summed E-state index contributed by atoms with van der Waals surface area (Å²) in [5.41, 5.74) is 1.87. The summed E-state index contributed by atoms with van der Waals surface area (Å²) in [5, 5.41) is 3.29. The van der Waals surface area contributed by atoms with E-state index in [4.69, 9.17) is 9.47 Å². The van der Waals surface area contributed by atoms with Crippen molar-refractivity contribution in [1.82, 2.24) is 4.98 Å². The molecule has 0 atom stereocenters. The molecule has 0 spiro atoms. The molecule has 0 radical (unpaired) electrons. The van der Waals surface area contributed by atoms with Crippen molar-refractivity contribution >= 4 is 38.4 Å². The molecule has 3 aromatic rings. The lowest BCUT2D eigenvalue weighted by Gasteiger charge is -2.06. The molecular weight excluding hydrogens is 376 g/mol. The van der Waals surface area contributed by atoms with E-state index in [-0.39, 0.29) is 18.3 Å². The highest BCUT2D eigenvalue weighted by molar-refractivity contribution is 7.22. The van der Waals surface area contributed by atoms with Crippen molar-refractivity contribution in [2.75, 3.05) is 18.5 Å². The Morgan fingerprint density at radius 2 is 1.82 bits per heavy atom. The summed E-state index contributed by atoms with van der Waals surface area (Å²) >= 11 is 1.39. The number of amides is 1. The Hall–Kier alpha value is -2.93. The molecule has 0 unspecified atom stereocenters. The van der Waals surface area contributed by atoms with E-state index < -0.39 is 0 Å². The standard InChI is InChI=1S/C21H22N2O4S/c1-3-26-17-10-11-18-19(12-17)28-21(22-18)23-20(25)13-27-16-8-6-15(7-9-16)5-4-14(2)24/h6-12H,3-5,13H2,1-2H3,(H,22,23,25). The zero-order valence-corrected chi connectivity index (χ0v) is 16.7. The van der Waals surface area contributed by atoms with Gasteiger partial charge in [-0.1, -0.05) is 23.5 Å². The van der Waals surface area contributed by atoms with Crippen LogP contribution in [0, 0.1) is 0 Å². The second-order valence-corrected chi connectivity index (χ2v) is 7.30. The van der Waals surface area contributed by atoms with Gasteiger partial charge in [-0.2, -0.15) is 0 Å². The summed E-state index contributed by atoms with van der Waals surface area (Å²) < 4.78 is 12.0. The topological polar surface area (TPSA) is 77.5 Å². The highest BCUT2D eigenvalue weighted by Gasteiger charge is 2.09. The van der Waals surface area contributed by atoms with Gasteiger partial charge in [0.1, 0.15) is 17.3 Å². The summed E-state index contributed by atoms with van der Waals surface area (Å²) in [6.07, 6.45) is 1.23. The van der Waals surface area contributed by atoms with Crippen LogP contribution in [0.1, 0.15) is 25.8 Å². The van der Waals surface area contributed by atoms with Crippen LogP contribution in [0.2, 0.25) is 0 Å². The van der Waals surface area contributed by atoms with Gasteiger partial charge < -0.3 is 14.3 Å². The van der Waals surface area contributed by atoms with Gasteiger partial charge in [0.15, 0.2) is 11.7 Å². The van der Waals surface area contributed by atoms with E-state index in [0.29, 0.717) is 30.3 Å². The fourth-order valence-corrected chi connectivity index (χ4v) is 3.50. The van der Waals surface area contributed by atoms with Crippen LogP contribution in [0.3, 0.4) is 0 Å². The fraction of sp³-hybridized carbons (Fsp3) is 0.286. The van der Waals surface area contributed by atoms with Crippen LogP contribution >= 0.6 is 11.3 Å². The Morgan fingerprint density at radius 1 is 1.07 bits per heavy atom. The molecule has 1 N–H and O–H groups in total. The number of benzene rings is 2. The third-order valence-corrected chi connectivity index (χ3v) is 4.91. The van der Waals surface area contributed by atoms with Gasteiger partial charge >= 0.3 is 0 Å². The Balaban J connectivity index is 1.52. The zero-order chi connectivity index (χ0) is 19.9. The van der Waals surface area contributed by atoms with Crippen LogP contribution in [0.25, 0.3) is 10.2 Å². The number of thiazole rings is 1. The third kappa shape index (κ3) is 5.53. The fourth-order valence-electron chi connectivity index (χ4n) is 2.59. The predicted octanol–water partition coefficient (Wildman–Crippen LogP) is 4.23. The number of anilines is 1. The molecule has 1 heterocycles. The van der Waals surface area contributed by atoms with Crippen molar-refractivity contribution in [2.24, 2.45) is 0 Å². The molecule has 0 fully saturated rings. The van der Waals surface area contributed by atoms with Gasteiger partial charge in [-0.25, -0.2) is 4.98 Å². The molecule has 7 heteroatoms. The number of nitrogens with one attached hydrogen (secondary N) is 1. The lowest BCUT2D eigenvalue weighted by atomic mass is 10.1. The Labute approximate surface area is 167 Å². The van der Waals surface area contributed by atoms with Gasteiger partial charge in [-0.15, -0.1) is 0 Å². The molecule has 146 valence electrons. The Bertz CT molecular complexity index is 966. The molecule has 0 saturated heterocycles. The zero-order valence-electron chi connectivity index (χ0n) is 15.9. The molecule has 0 saturated carbocycles. The number of aromatic nitrogens is 1. The van der Waals surface area contributed by atoms with Crippen molar-refractivity contribution in [3.8, 4) is 11.5 Å². The van der Waals surface area contributed by atoms with Crippen molar-refractivity contribution < 1.29 is 19.1 Å². The van der Waals surface area contributed by atoms with Gasteiger partial charge in [0, 0.05) is 6.42 Å². The predicted molar refractivity (Wildman–Crippen MR) is 110 cm³/mol. The Morgan fingerprint density at radius 3 is 2.54 bits per heavy atom. The second kappa shape index (κ2) is 9.32. The van der Waals surface area contributed by atoms with Gasteiger partial charge in [-0.05, 0) is 56.2 Å². The summed E-state index contributed by atoms with van der Waals surface area (Å²) in [4.78, 5) is 27.6. The largest absolute Gasteiger partial charge is 0.494 e. The van der Waals surface area contributed by atoms with Gasteiger partial charge in [0.05, 0.1) is 16.8 Å². The monoisotopic (exact) mass is 398 g/mol. The first kappa shape index (κ1) is 19.8. The summed E-state index contributed by atoms with van der Waals surface area (Å²) in [6, 6.07) is 13.1. The quantitative estimate of drug-likeness (QED) is 0.583. The maximum Gasteiger partial charge on any atom is 0.264 e. The molecular formula is C21H22N2O4S. The first-order valence-corrected chi connectivity index (χ1v) is 9.89. The maximum atomic E-state index is 12.1. The molecule has 0 aliphatic carbocycles. The lowest BCUT2D eigenvalue weighted by Crippen LogP contribution is -2.20. The molecule has 0 bridgehead atoms. The number of hydrogen-bond acceptors (Lipinski definition) is 6. The van der Waals surface area contributed by atoms with Gasteiger partial charge in [0.25, 0.3) is 5.91 Å². The summed E-state index contributed by atoms with van der Waals surface area (Å²) in [7, 11) is 0. The normalized spacial score (nSPS) is 10.6. The number of hydrogen-bond donors (Lipinski definition) is 1. The van der Waals surface area contributed by atoms with E-state index in [0.717, 1.165) is 21.5 Å². The van der Waals surface area contributed by atoms with E-state index in [2.05, 4.69) is 10.3 Å². The molecule has 1 aromatic heterocycles. The van der Waals surface area contributed by atoms with Crippen molar-refractivity contribution in [3.63, 3.8) is 0 Å². The van der Waals surface area contributed by atoms with Crippen molar-refractivity contribution in [1.29, 1.82) is 0 Å². The average molecular weight is 398 g/mol. The summed E-state index contributed by atoms with van der Waals surface area (Å²) in [6.45, 7) is 4.01. The molecule has 3 rings (SSSR count). The molecule has 28 heavy (non-hydrogen) atoms. The number of Topliss-reactive ketones (excluding diaryl/α,β-unsaturated/α-hetero) is 1. The summed E-state index contributed by atoms with van der Waals surface area (Å²) in [5.74, 6) is 1.28. The molecule has 6 nitrogen and oxygen atoms in total. The third-order valence-electron chi connectivity index (χ3n) is 3.98. The minimum absolute atomic E-state index is 0.104. The van der Waals surface area contributed by atoms with E-state index in [1.165, 1.54) is 11.3 Å². The van der Waals surface area contributed by atoms with Crippen molar-refractivity contribution in [2.45, 2.75) is 26.7 Å². The number of aryl methyl sites for hydroxylation is 1. The highest BCUT2D eigenvalue weighted by atomic mass is 32.1. The number of ketones is 1. The van der Waals surface area contributed by atoms with E-state index in [1.807, 2.05) is 37.3 Å². The van der Waals surface area contributed by atoms with Crippen LogP contribution in [0.15, 0.2) is 42.5 Å². The first-order chi connectivity index (χ1) is 13.5. The number of carbonyl (C=O) groups excluding carboxylic acids is 2. The van der Waals surface area contributed by atoms with E-state index in [1.54, 1.807) is 19.1 Å². The number of ether oxygens (including phenoxy) is 2. The molecule has 1 amide bonds. The number of carbonyl (C=O) groups is 2. The average Bonchev–Trinajstić information content (AvgIpc) is 3.07. The van der Waals surface area contributed by atoms with E-state index in [9.17, 15) is 9.59 Å². The van der Waals surface area contributed by atoms with Crippen LogP contribution < -0.4 is 14.8 Å². The first-order valence-electron chi connectivity index (χ1n) is 9.08.